The summed E-state index contributed by atoms with van der Waals surface area (Å²) in [4.78, 5) is 12.4. The third-order valence-electron chi connectivity index (χ3n) is 3.75. The second-order valence-corrected chi connectivity index (χ2v) is 7.13. The molecule has 1 rings (SSSR count). The fourth-order valence-corrected chi connectivity index (χ4v) is 3.81. The summed E-state index contributed by atoms with van der Waals surface area (Å²) in [6.45, 7) is 2.17. The minimum absolute atomic E-state index is 0.488. The summed E-state index contributed by atoms with van der Waals surface area (Å²) >= 11 is 0. The van der Waals surface area contributed by atoms with Crippen molar-refractivity contribution in [3.05, 3.63) is 24.3 Å². The molecule has 0 radical (unpaired) electrons. The Balaban J connectivity index is 2.65. The van der Waals surface area contributed by atoms with Crippen molar-refractivity contribution in [2.24, 2.45) is 0 Å². The summed E-state index contributed by atoms with van der Waals surface area (Å²) in [6.07, 6.45) is 7.02. The molecule has 0 fully saturated rings. The Hall–Kier alpha value is -1.40. The molecule has 0 aliphatic heterocycles. The predicted octanol–water partition coefficient (Wildman–Crippen LogP) is 3.43. The van der Waals surface area contributed by atoms with Crippen LogP contribution in [0.2, 0.25) is 0 Å². The molecule has 0 heterocycles. The van der Waals surface area contributed by atoms with E-state index < -0.39 is 22.0 Å². The second-order valence-electron chi connectivity index (χ2n) is 5.50. The third-order valence-corrected chi connectivity index (χ3v) is 5.44. The van der Waals surface area contributed by atoms with E-state index in [2.05, 4.69) is 6.92 Å². The van der Waals surface area contributed by atoms with E-state index in [-0.39, 0.29) is 0 Å². The summed E-state index contributed by atoms with van der Waals surface area (Å²) in [6, 6.07) is 6.87. The van der Waals surface area contributed by atoms with Crippen LogP contribution in [-0.4, -0.2) is 27.7 Å². The normalized spacial score (nSPS) is 13.3. The van der Waals surface area contributed by atoms with Crippen LogP contribution in [0.1, 0.15) is 51.9 Å². The number of hydrogen-bond acceptors (Lipinski definition) is 4. The molecule has 1 amide bonds. The molecular formula is C17H27NO4S. The van der Waals surface area contributed by atoms with Gasteiger partial charge in [-0.25, -0.2) is 5.48 Å². The first-order valence-electron chi connectivity index (χ1n) is 8.12. The number of amides is 1. The molecule has 23 heavy (non-hydrogen) atoms. The number of hydroxylamine groups is 1. The first-order valence-corrected chi connectivity index (χ1v) is 9.33. The lowest BCUT2D eigenvalue weighted by molar-refractivity contribution is -0.128. The highest BCUT2D eigenvalue weighted by Crippen LogP contribution is 2.21. The summed E-state index contributed by atoms with van der Waals surface area (Å²) in [5.41, 5.74) is 1.64. The van der Waals surface area contributed by atoms with E-state index in [1.165, 1.54) is 26.4 Å². The molecule has 0 aliphatic carbocycles. The van der Waals surface area contributed by atoms with E-state index in [4.69, 9.17) is 9.94 Å². The fourth-order valence-electron chi connectivity index (χ4n) is 2.41. The molecule has 0 spiro atoms. The van der Waals surface area contributed by atoms with Gasteiger partial charge in [0.1, 0.15) is 11.0 Å². The molecular weight excluding hydrogens is 314 g/mol. The van der Waals surface area contributed by atoms with Crippen molar-refractivity contribution in [3.63, 3.8) is 0 Å². The van der Waals surface area contributed by atoms with Crippen LogP contribution in [0, 0.1) is 0 Å². The Morgan fingerprint density at radius 1 is 1.26 bits per heavy atom. The molecule has 130 valence electrons. The maximum absolute atomic E-state index is 12.7. The number of rotatable bonds is 11. The van der Waals surface area contributed by atoms with Crippen LogP contribution < -0.4 is 10.2 Å². The minimum atomic E-state index is -1.52. The molecule has 0 aromatic heterocycles. The number of nitrogens with one attached hydrogen (secondary N) is 1. The molecule has 0 aliphatic rings. The standard InChI is InChI=1S/C17H27NO4S/c1-3-4-5-6-7-8-12-16(17(19)18-20)23(21)15-11-9-10-14(13-15)22-2/h9-11,13,16,20H,3-8,12H2,1-2H3,(H,18,19). The summed E-state index contributed by atoms with van der Waals surface area (Å²) in [7, 11) is 0.0140. The zero-order chi connectivity index (χ0) is 17.1. The van der Waals surface area contributed by atoms with Crippen molar-refractivity contribution < 1.29 is 18.9 Å². The average Bonchev–Trinajstić information content (AvgIpc) is 2.60. The van der Waals surface area contributed by atoms with Gasteiger partial charge < -0.3 is 4.74 Å². The van der Waals surface area contributed by atoms with E-state index in [0.29, 0.717) is 17.1 Å². The Morgan fingerprint density at radius 2 is 1.96 bits per heavy atom. The summed E-state index contributed by atoms with van der Waals surface area (Å²) in [5, 5.41) is 8.16. The minimum Gasteiger partial charge on any atom is -0.497 e. The first-order chi connectivity index (χ1) is 11.1. The number of unbranched alkanes of at least 4 members (excludes halogenated alkanes) is 5. The van der Waals surface area contributed by atoms with Crippen molar-refractivity contribution in [3.8, 4) is 5.75 Å². The smallest absolute Gasteiger partial charge is 0.259 e. The van der Waals surface area contributed by atoms with E-state index in [1.807, 2.05) is 0 Å². The first kappa shape index (κ1) is 19.6. The second kappa shape index (κ2) is 11.2. The van der Waals surface area contributed by atoms with Gasteiger partial charge in [-0.2, -0.15) is 0 Å². The zero-order valence-electron chi connectivity index (χ0n) is 13.9. The van der Waals surface area contributed by atoms with Crippen molar-refractivity contribution in [1.29, 1.82) is 0 Å². The monoisotopic (exact) mass is 341 g/mol. The lowest BCUT2D eigenvalue weighted by Crippen LogP contribution is -2.35. The molecule has 2 N–H and O–H groups in total. The van der Waals surface area contributed by atoms with Gasteiger partial charge in [0.25, 0.3) is 5.91 Å². The quantitative estimate of drug-likeness (QED) is 0.367. The number of ether oxygens (including phenoxy) is 1. The maximum Gasteiger partial charge on any atom is 0.259 e. The van der Waals surface area contributed by atoms with Crippen LogP contribution in [0.25, 0.3) is 0 Å². The van der Waals surface area contributed by atoms with Gasteiger partial charge in [-0.05, 0) is 24.6 Å². The van der Waals surface area contributed by atoms with Crippen LogP contribution in [0.15, 0.2) is 29.2 Å². The summed E-state index contributed by atoms with van der Waals surface area (Å²) in [5.74, 6) is -0.00159. The van der Waals surface area contributed by atoms with Gasteiger partial charge in [0, 0.05) is 4.90 Å². The Kier molecular flexibility index (Phi) is 9.55. The Morgan fingerprint density at radius 3 is 2.61 bits per heavy atom. The van der Waals surface area contributed by atoms with Gasteiger partial charge >= 0.3 is 0 Å². The van der Waals surface area contributed by atoms with Gasteiger partial charge in [0.2, 0.25) is 0 Å². The number of benzene rings is 1. The summed E-state index contributed by atoms with van der Waals surface area (Å²) < 4.78 is 17.8. The van der Waals surface area contributed by atoms with Crippen molar-refractivity contribution in [2.45, 2.75) is 62.0 Å². The van der Waals surface area contributed by atoms with Crippen molar-refractivity contribution >= 4 is 16.7 Å². The van der Waals surface area contributed by atoms with Crippen LogP contribution in [0.4, 0.5) is 0 Å². The number of hydrogen-bond donors (Lipinski definition) is 2. The molecule has 6 heteroatoms. The van der Waals surface area contributed by atoms with Gasteiger partial charge in [-0.3, -0.25) is 14.2 Å². The topological polar surface area (TPSA) is 75.6 Å². The van der Waals surface area contributed by atoms with Gasteiger partial charge in [-0.1, -0.05) is 51.5 Å². The van der Waals surface area contributed by atoms with Crippen molar-refractivity contribution in [1.82, 2.24) is 5.48 Å². The number of carbonyl (C=O) groups is 1. The molecule has 0 saturated carbocycles. The van der Waals surface area contributed by atoms with E-state index in [0.717, 1.165) is 19.3 Å². The fraction of sp³-hybridized carbons (Fsp3) is 0.588. The molecule has 5 nitrogen and oxygen atoms in total. The third kappa shape index (κ3) is 6.71. The Bertz CT molecular complexity index is 507. The predicted molar refractivity (Wildman–Crippen MR) is 91.1 cm³/mol. The Labute approximate surface area is 140 Å². The molecule has 2 unspecified atom stereocenters. The lowest BCUT2D eigenvalue weighted by atomic mass is 10.1. The van der Waals surface area contributed by atoms with Gasteiger partial charge in [0.15, 0.2) is 0 Å². The largest absolute Gasteiger partial charge is 0.497 e. The van der Waals surface area contributed by atoms with E-state index in [9.17, 15) is 9.00 Å². The highest BCUT2D eigenvalue weighted by Gasteiger charge is 2.26. The molecule has 1 aromatic rings. The maximum atomic E-state index is 12.7. The highest BCUT2D eigenvalue weighted by molar-refractivity contribution is 7.86. The van der Waals surface area contributed by atoms with Crippen LogP contribution >= 0.6 is 0 Å². The SMILES string of the molecule is CCCCCCCCC(C(=O)NO)S(=O)c1cccc(OC)c1. The molecule has 0 bridgehead atoms. The van der Waals surface area contributed by atoms with E-state index in [1.54, 1.807) is 29.7 Å². The molecule has 2 atom stereocenters. The van der Waals surface area contributed by atoms with Gasteiger partial charge in [-0.15, -0.1) is 0 Å². The lowest BCUT2D eigenvalue weighted by Gasteiger charge is -2.15. The average molecular weight is 341 g/mol. The molecule has 1 aromatic carbocycles. The van der Waals surface area contributed by atoms with Crippen LogP contribution in [-0.2, 0) is 15.6 Å². The van der Waals surface area contributed by atoms with Gasteiger partial charge in [0.05, 0.1) is 17.9 Å². The number of methoxy groups -OCH3 is 1. The van der Waals surface area contributed by atoms with Crippen LogP contribution in [0.3, 0.4) is 0 Å². The van der Waals surface area contributed by atoms with E-state index >= 15 is 0 Å². The van der Waals surface area contributed by atoms with Crippen LogP contribution in [0.5, 0.6) is 5.75 Å². The number of carbonyl (C=O) groups excluding carboxylic acids is 1. The molecule has 0 saturated heterocycles. The zero-order valence-corrected chi connectivity index (χ0v) is 14.7. The highest BCUT2D eigenvalue weighted by atomic mass is 32.2. The van der Waals surface area contributed by atoms with Crippen molar-refractivity contribution in [2.75, 3.05) is 7.11 Å².